The molecular weight excluding hydrogens is 315 g/mol. The molecule has 5 heteroatoms. The first-order valence-corrected chi connectivity index (χ1v) is 8.54. The summed E-state index contributed by atoms with van der Waals surface area (Å²) >= 11 is 0. The van der Waals surface area contributed by atoms with Crippen molar-refractivity contribution in [2.45, 2.75) is 19.4 Å². The predicted molar refractivity (Wildman–Crippen MR) is 101 cm³/mol. The number of halogens is 1. The lowest BCUT2D eigenvalue weighted by molar-refractivity contribution is 0.630. The maximum Gasteiger partial charge on any atom is 0.131 e. The van der Waals surface area contributed by atoms with Crippen LogP contribution >= 0.6 is 0 Å². The Hall–Kier alpha value is -2.66. The van der Waals surface area contributed by atoms with Gasteiger partial charge in [0.15, 0.2) is 0 Å². The van der Waals surface area contributed by atoms with Crippen molar-refractivity contribution in [3.63, 3.8) is 0 Å². The fourth-order valence-corrected chi connectivity index (χ4v) is 3.53. The van der Waals surface area contributed by atoms with E-state index in [9.17, 15) is 4.39 Å². The van der Waals surface area contributed by atoms with Crippen LogP contribution in [0.2, 0.25) is 0 Å². The molecule has 25 heavy (non-hydrogen) atoms. The third kappa shape index (κ3) is 3.03. The lowest BCUT2D eigenvalue weighted by atomic mass is 9.96. The molecule has 0 aliphatic carbocycles. The number of nitrogens with one attached hydrogen (secondary N) is 2. The largest absolute Gasteiger partial charge is 0.384 e. The molecule has 1 aliphatic rings. The third-order valence-corrected chi connectivity index (χ3v) is 4.79. The number of rotatable bonds is 3. The van der Waals surface area contributed by atoms with Crippen LogP contribution in [0.25, 0.3) is 21.9 Å². The minimum absolute atomic E-state index is 0.212. The number of benzene rings is 2. The summed E-state index contributed by atoms with van der Waals surface area (Å²) in [5.41, 5.74) is 9.25. The van der Waals surface area contributed by atoms with Crippen LogP contribution in [0.4, 0.5) is 15.9 Å². The Kier molecular flexibility index (Phi) is 4.01. The molecule has 2 heterocycles. The number of fused-ring (bicyclic) bond motifs is 1. The molecule has 0 saturated carbocycles. The van der Waals surface area contributed by atoms with E-state index in [0.717, 1.165) is 47.1 Å². The minimum Gasteiger partial charge on any atom is -0.384 e. The van der Waals surface area contributed by atoms with E-state index in [1.807, 2.05) is 31.2 Å². The van der Waals surface area contributed by atoms with E-state index in [-0.39, 0.29) is 5.82 Å². The van der Waals surface area contributed by atoms with Gasteiger partial charge in [-0.05, 0) is 55.3 Å². The number of hydrogen-bond acceptors (Lipinski definition) is 4. The van der Waals surface area contributed by atoms with Crippen LogP contribution in [0.5, 0.6) is 0 Å². The van der Waals surface area contributed by atoms with Gasteiger partial charge in [-0.25, -0.2) is 9.37 Å². The molecule has 4 N–H and O–H groups in total. The Bertz CT molecular complexity index is 912. The maximum atomic E-state index is 14.5. The molecule has 3 aromatic rings. The zero-order valence-electron chi connectivity index (χ0n) is 14.1. The Morgan fingerprint density at radius 1 is 1.28 bits per heavy atom. The number of anilines is 2. The van der Waals surface area contributed by atoms with E-state index in [1.54, 1.807) is 12.3 Å². The molecule has 4 nitrogen and oxygen atoms in total. The maximum absolute atomic E-state index is 14.5. The van der Waals surface area contributed by atoms with E-state index >= 15 is 0 Å². The van der Waals surface area contributed by atoms with Crippen LogP contribution in [0.15, 0.2) is 42.6 Å². The molecular formula is C20H21FN4. The van der Waals surface area contributed by atoms with Crippen molar-refractivity contribution >= 4 is 22.3 Å². The van der Waals surface area contributed by atoms with Gasteiger partial charge in [0, 0.05) is 40.8 Å². The Morgan fingerprint density at radius 2 is 2.16 bits per heavy atom. The second-order valence-corrected chi connectivity index (χ2v) is 6.62. The Morgan fingerprint density at radius 3 is 2.92 bits per heavy atom. The van der Waals surface area contributed by atoms with Gasteiger partial charge in [0.1, 0.15) is 11.6 Å². The van der Waals surface area contributed by atoms with E-state index in [1.165, 1.54) is 6.07 Å². The van der Waals surface area contributed by atoms with Crippen LogP contribution in [0.1, 0.15) is 12.0 Å². The van der Waals surface area contributed by atoms with Gasteiger partial charge in [-0.1, -0.05) is 12.1 Å². The number of nitrogens with zero attached hydrogens (tertiary/aromatic N) is 1. The summed E-state index contributed by atoms with van der Waals surface area (Å²) in [6.45, 7) is 3.86. The Balaban J connectivity index is 1.89. The highest BCUT2D eigenvalue weighted by Gasteiger charge is 2.17. The van der Waals surface area contributed by atoms with Gasteiger partial charge in [0.05, 0.1) is 0 Å². The summed E-state index contributed by atoms with van der Waals surface area (Å²) in [4.78, 5) is 4.20. The molecule has 1 aliphatic heterocycles. The van der Waals surface area contributed by atoms with Gasteiger partial charge in [-0.2, -0.15) is 0 Å². The molecule has 0 bridgehead atoms. The molecule has 1 saturated heterocycles. The van der Waals surface area contributed by atoms with Gasteiger partial charge < -0.3 is 16.4 Å². The van der Waals surface area contributed by atoms with Gasteiger partial charge in [-0.3, -0.25) is 0 Å². The fourth-order valence-electron chi connectivity index (χ4n) is 3.53. The topological polar surface area (TPSA) is 63.0 Å². The second-order valence-electron chi connectivity index (χ2n) is 6.62. The van der Waals surface area contributed by atoms with Crippen molar-refractivity contribution in [3.8, 4) is 11.1 Å². The first-order chi connectivity index (χ1) is 12.1. The number of pyridine rings is 1. The minimum atomic E-state index is -0.212. The summed E-state index contributed by atoms with van der Waals surface area (Å²) in [5, 5.41) is 8.91. The molecule has 1 aromatic heterocycles. The number of hydrogen-bond donors (Lipinski definition) is 3. The monoisotopic (exact) mass is 336 g/mol. The van der Waals surface area contributed by atoms with Crippen molar-refractivity contribution in [1.82, 2.24) is 10.3 Å². The van der Waals surface area contributed by atoms with Crippen molar-refractivity contribution in [2.75, 3.05) is 24.1 Å². The standard InChI is InChI=1S/C20H21FN4/c1-12-3-2-4-17(21)20(12)13-7-14-10-24-19(22)9-16(14)18(8-13)25-15-5-6-23-11-15/h2-4,7-10,15,23,25H,5-6,11H2,1H3,(H2,22,24). The smallest absolute Gasteiger partial charge is 0.131 e. The summed E-state index contributed by atoms with van der Waals surface area (Å²) in [6, 6.07) is 11.4. The van der Waals surface area contributed by atoms with Crippen LogP contribution < -0.4 is 16.4 Å². The molecule has 2 aromatic carbocycles. The average Bonchev–Trinajstić information content (AvgIpc) is 3.08. The first kappa shape index (κ1) is 15.8. The molecule has 1 fully saturated rings. The predicted octanol–water partition coefficient (Wildman–Crippen LogP) is 3.71. The van der Waals surface area contributed by atoms with Gasteiger partial charge in [0.25, 0.3) is 0 Å². The molecule has 0 radical (unpaired) electrons. The SMILES string of the molecule is Cc1cccc(F)c1-c1cc(NC2CCNC2)c2cc(N)ncc2c1. The molecule has 0 amide bonds. The highest BCUT2D eigenvalue weighted by molar-refractivity contribution is 5.98. The summed E-state index contributed by atoms with van der Waals surface area (Å²) in [6.07, 6.45) is 2.81. The zero-order chi connectivity index (χ0) is 17.4. The molecule has 128 valence electrons. The highest BCUT2D eigenvalue weighted by atomic mass is 19.1. The summed E-state index contributed by atoms with van der Waals surface area (Å²) in [5.74, 6) is 0.270. The molecule has 0 spiro atoms. The van der Waals surface area contributed by atoms with Crippen LogP contribution in [-0.2, 0) is 0 Å². The van der Waals surface area contributed by atoms with Crippen LogP contribution in [-0.4, -0.2) is 24.1 Å². The molecule has 1 atom stereocenters. The van der Waals surface area contributed by atoms with Crippen molar-refractivity contribution in [1.29, 1.82) is 0 Å². The van der Waals surface area contributed by atoms with Crippen LogP contribution in [0, 0.1) is 12.7 Å². The van der Waals surface area contributed by atoms with E-state index in [0.29, 0.717) is 17.4 Å². The summed E-state index contributed by atoms with van der Waals surface area (Å²) in [7, 11) is 0. The van der Waals surface area contributed by atoms with E-state index < -0.39 is 0 Å². The number of aryl methyl sites for hydroxylation is 1. The molecule has 1 unspecified atom stereocenters. The first-order valence-electron chi connectivity index (χ1n) is 8.54. The summed E-state index contributed by atoms with van der Waals surface area (Å²) < 4.78 is 14.5. The average molecular weight is 336 g/mol. The van der Waals surface area contributed by atoms with Gasteiger partial charge >= 0.3 is 0 Å². The number of nitrogens with two attached hydrogens (primary N) is 1. The Labute approximate surface area is 146 Å². The molecule has 4 rings (SSSR count). The second kappa shape index (κ2) is 6.33. The van der Waals surface area contributed by atoms with Crippen molar-refractivity contribution in [2.24, 2.45) is 0 Å². The third-order valence-electron chi connectivity index (χ3n) is 4.79. The fraction of sp³-hybridized carbons (Fsp3) is 0.250. The van der Waals surface area contributed by atoms with E-state index in [4.69, 9.17) is 5.73 Å². The van der Waals surface area contributed by atoms with E-state index in [2.05, 4.69) is 15.6 Å². The van der Waals surface area contributed by atoms with Gasteiger partial charge in [-0.15, -0.1) is 0 Å². The lowest BCUT2D eigenvalue weighted by Crippen LogP contribution is -2.22. The number of aromatic nitrogens is 1. The van der Waals surface area contributed by atoms with Gasteiger partial charge in [0.2, 0.25) is 0 Å². The highest BCUT2D eigenvalue weighted by Crippen LogP contribution is 2.34. The zero-order valence-corrected chi connectivity index (χ0v) is 14.1. The van der Waals surface area contributed by atoms with Crippen LogP contribution in [0.3, 0.4) is 0 Å². The quantitative estimate of drug-likeness (QED) is 0.682. The van der Waals surface area contributed by atoms with Crippen molar-refractivity contribution in [3.05, 3.63) is 54.0 Å². The van der Waals surface area contributed by atoms with Crippen molar-refractivity contribution < 1.29 is 4.39 Å². The number of nitrogen functional groups attached to an aromatic ring is 1. The normalized spacial score (nSPS) is 17.1. The lowest BCUT2D eigenvalue weighted by Gasteiger charge is -2.18.